The number of hydrogen-bond acceptors (Lipinski definition) is 4. The van der Waals surface area contributed by atoms with Crippen LogP contribution in [-0.2, 0) is 7.05 Å². The number of benzene rings is 1. The summed E-state index contributed by atoms with van der Waals surface area (Å²) < 4.78 is 1.98. The molecule has 1 atom stereocenters. The van der Waals surface area contributed by atoms with Gasteiger partial charge in [0.15, 0.2) is 5.16 Å². The molecule has 2 heterocycles. The molecule has 2 aromatic rings. The van der Waals surface area contributed by atoms with Crippen LogP contribution >= 0.6 is 11.8 Å². The summed E-state index contributed by atoms with van der Waals surface area (Å²) in [4.78, 5) is 20.8. The van der Waals surface area contributed by atoms with E-state index < -0.39 is 0 Å². The summed E-state index contributed by atoms with van der Waals surface area (Å²) in [6.07, 6.45) is 4.84. The lowest BCUT2D eigenvalue weighted by atomic mass is 10.1. The van der Waals surface area contributed by atoms with Crippen molar-refractivity contribution in [1.82, 2.24) is 19.8 Å². The molecule has 1 N–H and O–H groups in total. The summed E-state index contributed by atoms with van der Waals surface area (Å²) in [6, 6.07) is 10.5. The van der Waals surface area contributed by atoms with Gasteiger partial charge in [0, 0.05) is 64.1 Å². The fraction of sp³-hybridized carbons (Fsp3) is 0.474. The van der Waals surface area contributed by atoms with Crippen molar-refractivity contribution in [3.8, 4) is 0 Å². The smallest absolute Gasteiger partial charge is 0.317 e. The summed E-state index contributed by atoms with van der Waals surface area (Å²) in [5, 5.41) is 3.97. The Kier molecular flexibility index (Phi) is 6.44. The fourth-order valence-electron chi connectivity index (χ4n) is 3.25. The van der Waals surface area contributed by atoms with E-state index in [0.717, 1.165) is 37.0 Å². The second-order valence-electron chi connectivity index (χ2n) is 6.72. The van der Waals surface area contributed by atoms with Gasteiger partial charge in [-0.15, -0.1) is 0 Å². The number of carbonyl (C=O) groups excluding carboxylic acids is 1. The van der Waals surface area contributed by atoms with Gasteiger partial charge in [0.25, 0.3) is 0 Å². The Bertz CT molecular complexity index is 705. The Morgan fingerprint density at radius 3 is 2.92 bits per heavy atom. The molecule has 1 fully saturated rings. The number of imidazole rings is 1. The first-order valence-electron chi connectivity index (χ1n) is 9.02. The third-order valence-electron chi connectivity index (χ3n) is 4.67. The third kappa shape index (κ3) is 4.94. The summed E-state index contributed by atoms with van der Waals surface area (Å²) in [5.74, 6) is 1.34. The van der Waals surface area contributed by atoms with Crippen LogP contribution in [0.1, 0.15) is 6.42 Å². The van der Waals surface area contributed by atoms with E-state index in [-0.39, 0.29) is 6.03 Å². The lowest BCUT2D eigenvalue weighted by molar-refractivity contribution is 0.203. The zero-order valence-electron chi connectivity index (χ0n) is 15.5. The monoisotopic (exact) mass is 373 g/mol. The van der Waals surface area contributed by atoms with Crippen LogP contribution in [0.5, 0.6) is 0 Å². The van der Waals surface area contributed by atoms with Gasteiger partial charge in [-0.1, -0.05) is 30.0 Å². The molecule has 3 rings (SSSR count). The van der Waals surface area contributed by atoms with Crippen LogP contribution in [0.4, 0.5) is 10.5 Å². The van der Waals surface area contributed by atoms with E-state index in [0.29, 0.717) is 12.5 Å². The topological polar surface area (TPSA) is 53.4 Å². The minimum Gasteiger partial charge on any atom is -0.371 e. The number of aryl methyl sites for hydroxylation is 1. The molecule has 0 bridgehead atoms. The Balaban J connectivity index is 1.36. The van der Waals surface area contributed by atoms with Gasteiger partial charge >= 0.3 is 6.03 Å². The number of para-hydroxylation sites is 1. The van der Waals surface area contributed by atoms with Crippen molar-refractivity contribution < 1.29 is 4.79 Å². The highest BCUT2D eigenvalue weighted by atomic mass is 32.2. The van der Waals surface area contributed by atoms with Crippen LogP contribution in [-0.4, -0.2) is 59.5 Å². The standard InChI is InChI=1S/C19H27N5OS/c1-22-12-9-21-19(22)26-13-10-20-18(25)23(2)14-16-8-11-24(15-16)17-6-4-3-5-7-17/h3-7,9,12,16H,8,10-11,13-15H2,1-2H3,(H,20,25)/t16-/m1/s1. The number of urea groups is 1. The SMILES string of the molecule is CN(C[C@H]1CCN(c2ccccc2)C1)C(=O)NCCSc1nccn1C. The zero-order chi connectivity index (χ0) is 18.4. The second-order valence-corrected chi connectivity index (χ2v) is 7.78. The van der Waals surface area contributed by atoms with Gasteiger partial charge in [0.1, 0.15) is 0 Å². The average molecular weight is 374 g/mol. The van der Waals surface area contributed by atoms with Crippen molar-refractivity contribution in [2.45, 2.75) is 11.6 Å². The van der Waals surface area contributed by atoms with Crippen LogP contribution < -0.4 is 10.2 Å². The van der Waals surface area contributed by atoms with Crippen LogP contribution in [0.2, 0.25) is 0 Å². The largest absolute Gasteiger partial charge is 0.371 e. The molecule has 7 heteroatoms. The molecule has 0 radical (unpaired) electrons. The Hall–Kier alpha value is -2.15. The van der Waals surface area contributed by atoms with Crippen LogP contribution in [0.25, 0.3) is 0 Å². The molecule has 1 aromatic carbocycles. The van der Waals surface area contributed by atoms with Gasteiger partial charge in [-0.2, -0.15) is 0 Å². The number of nitrogens with one attached hydrogen (secondary N) is 1. The summed E-state index contributed by atoms with van der Waals surface area (Å²) in [7, 11) is 3.86. The van der Waals surface area contributed by atoms with Crippen molar-refractivity contribution in [2.24, 2.45) is 13.0 Å². The van der Waals surface area contributed by atoms with Crippen molar-refractivity contribution >= 4 is 23.5 Å². The first-order chi connectivity index (χ1) is 12.6. The molecule has 140 valence electrons. The highest BCUT2D eigenvalue weighted by Crippen LogP contribution is 2.23. The molecule has 0 aliphatic carbocycles. The highest BCUT2D eigenvalue weighted by Gasteiger charge is 2.25. The lowest BCUT2D eigenvalue weighted by Gasteiger charge is -2.23. The number of thioether (sulfide) groups is 1. The number of rotatable bonds is 7. The molecular weight excluding hydrogens is 346 g/mol. The molecule has 0 unspecified atom stereocenters. The fourth-order valence-corrected chi connectivity index (χ4v) is 4.04. The quantitative estimate of drug-likeness (QED) is 0.599. The van der Waals surface area contributed by atoms with Gasteiger partial charge < -0.3 is 19.7 Å². The predicted molar refractivity (Wildman–Crippen MR) is 107 cm³/mol. The van der Waals surface area contributed by atoms with Gasteiger partial charge in [-0.05, 0) is 24.5 Å². The molecule has 1 aliphatic heterocycles. The first-order valence-corrected chi connectivity index (χ1v) is 10.0. The number of nitrogens with zero attached hydrogens (tertiary/aromatic N) is 4. The van der Waals surface area contributed by atoms with E-state index in [1.165, 1.54) is 5.69 Å². The van der Waals surface area contributed by atoms with Gasteiger partial charge in [-0.3, -0.25) is 0 Å². The third-order valence-corrected chi connectivity index (χ3v) is 5.73. The molecule has 1 saturated heterocycles. The lowest BCUT2D eigenvalue weighted by Crippen LogP contribution is -2.41. The number of aromatic nitrogens is 2. The van der Waals surface area contributed by atoms with E-state index in [9.17, 15) is 4.79 Å². The van der Waals surface area contributed by atoms with Gasteiger partial charge in [0.2, 0.25) is 0 Å². The highest BCUT2D eigenvalue weighted by molar-refractivity contribution is 7.99. The molecule has 6 nitrogen and oxygen atoms in total. The Labute approximate surface area is 159 Å². The van der Waals surface area contributed by atoms with E-state index in [1.807, 2.05) is 35.8 Å². The second kappa shape index (κ2) is 8.98. The summed E-state index contributed by atoms with van der Waals surface area (Å²) >= 11 is 1.65. The van der Waals surface area contributed by atoms with Crippen LogP contribution in [0.15, 0.2) is 47.9 Å². The van der Waals surface area contributed by atoms with Crippen molar-refractivity contribution in [1.29, 1.82) is 0 Å². The first kappa shape index (κ1) is 18.6. The predicted octanol–water partition coefficient (Wildman–Crippen LogP) is 2.68. The van der Waals surface area contributed by atoms with E-state index >= 15 is 0 Å². The van der Waals surface area contributed by atoms with E-state index in [4.69, 9.17) is 0 Å². The van der Waals surface area contributed by atoms with Crippen LogP contribution in [0.3, 0.4) is 0 Å². The van der Waals surface area contributed by atoms with Gasteiger partial charge in [0.05, 0.1) is 0 Å². The summed E-state index contributed by atoms with van der Waals surface area (Å²) in [5.41, 5.74) is 1.27. The van der Waals surface area contributed by atoms with E-state index in [2.05, 4.69) is 39.5 Å². The molecular formula is C19H27N5OS. The molecule has 1 aromatic heterocycles. The van der Waals surface area contributed by atoms with Crippen molar-refractivity contribution in [3.63, 3.8) is 0 Å². The van der Waals surface area contributed by atoms with Crippen LogP contribution in [0, 0.1) is 5.92 Å². The normalized spacial score (nSPS) is 16.7. The number of amides is 2. The number of hydrogen-bond donors (Lipinski definition) is 1. The van der Waals surface area contributed by atoms with Crippen molar-refractivity contribution in [2.75, 3.05) is 43.9 Å². The maximum atomic E-state index is 12.3. The van der Waals surface area contributed by atoms with Crippen molar-refractivity contribution in [3.05, 3.63) is 42.7 Å². The molecule has 26 heavy (non-hydrogen) atoms. The molecule has 0 spiro atoms. The Morgan fingerprint density at radius 2 is 2.19 bits per heavy atom. The van der Waals surface area contributed by atoms with Gasteiger partial charge in [-0.25, -0.2) is 9.78 Å². The van der Waals surface area contributed by atoms with E-state index in [1.54, 1.807) is 18.0 Å². The molecule has 1 aliphatic rings. The maximum Gasteiger partial charge on any atom is 0.317 e. The number of carbonyl (C=O) groups is 1. The Morgan fingerprint density at radius 1 is 1.38 bits per heavy atom. The zero-order valence-corrected chi connectivity index (χ0v) is 16.3. The maximum absolute atomic E-state index is 12.3. The summed E-state index contributed by atoms with van der Waals surface area (Å²) in [6.45, 7) is 3.50. The molecule has 0 saturated carbocycles. The minimum absolute atomic E-state index is 0.00333. The molecule has 2 amide bonds. The average Bonchev–Trinajstić information content (AvgIpc) is 3.28. The number of anilines is 1. The minimum atomic E-state index is 0.00333.